The summed E-state index contributed by atoms with van der Waals surface area (Å²) in [5.41, 5.74) is 2.72. The molecule has 1 aliphatic rings. The molecule has 198 valence electrons. The molecular weight excluding hydrogens is 530 g/mol. The Labute approximate surface area is 235 Å². The Morgan fingerprint density at radius 2 is 1.90 bits per heavy atom. The zero-order chi connectivity index (χ0) is 27.5. The summed E-state index contributed by atoms with van der Waals surface area (Å²) in [6.45, 7) is 10.8. The lowest BCUT2D eigenvalue weighted by atomic mass is 10.1. The molecule has 0 bridgehead atoms. The maximum Gasteiger partial charge on any atom is 0.323 e. The lowest BCUT2D eigenvalue weighted by Crippen LogP contribution is -2.58. The van der Waals surface area contributed by atoms with E-state index in [-0.39, 0.29) is 11.9 Å². The van der Waals surface area contributed by atoms with Crippen molar-refractivity contribution in [2.75, 3.05) is 23.7 Å². The Morgan fingerprint density at radius 3 is 2.62 bits per heavy atom. The normalized spacial score (nSPS) is 12.9. The molecule has 2 aromatic carbocycles. The van der Waals surface area contributed by atoms with Crippen molar-refractivity contribution in [3.05, 3.63) is 95.0 Å². The first kappa shape index (κ1) is 26.2. The highest BCUT2D eigenvalue weighted by atomic mass is 32.1. The molecule has 3 amide bonds. The third-order valence-electron chi connectivity index (χ3n) is 6.29. The fourth-order valence-corrected chi connectivity index (χ4v) is 5.72. The van der Waals surface area contributed by atoms with Crippen LogP contribution in [0.1, 0.15) is 10.4 Å². The molecule has 8 nitrogen and oxygen atoms in total. The van der Waals surface area contributed by atoms with Crippen LogP contribution >= 0.6 is 23.6 Å². The number of hydrogen-bond donors (Lipinski definition) is 4. The minimum absolute atomic E-state index is 0.0551. The number of anilines is 2. The van der Waals surface area contributed by atoms with Gasteiger partial charge in [-0.1, -0.05) is 43.6 Å². The topological polar surface area (TPSA) is 98.5 Å². The summed E-state index contributed by atoms with van der Waals surface area (Å²) in [4.78, 5) is 31.5. The van der Waals surface area contributed by atoms with Gasteiger partial charge in [-0.25, -0.2) is 4.79 Å². The van der Waals surface area contributed by atoms with Crippen LogP contribution in [-0.4, -0.2) is 41.0 Å². The van der Waals surface area contributed by atoms with Crippen LogP contribution in [0.3, 0.4) is 0 Å². The number of H-pyrrole nitrogens is 1. The molecule has 5 rings (SSSR count). The zero-order valence-electron chi connectivity index (χ0n) is 21.2. The maximum atomic E-state index is 13.2. The highest BCUT2D eigenvalue weighted by Gasteiger charge is 2.30. The van der Waals surface area contributed by atoms with E-state index in [1.165, 1.54) is 17.4 Å². The predicted molar refractivity (Wildman–Crippen MR) is 160 cm³/mol. The summed E-state index contributed by atoms with van der Waals surface area (Å²) in [5, 5.41) is 10.0. The lowest BCUT2D eigenvalue weighted by molar-refractivity contribution is -0.130. The Morgan fingerprint density at radius 1 is 1.13 bits per heavy atom. The molecule has 3 heterocycles. The highest BCUT2D eigenvalue weighted by molar-refractivity contribution is 7.71. The molecule has 0 atom stereocenters. The van der Waals surface area contributed by atoms with E-state index in [9.17, 15) is 9.59 Å². The molecule has 0 spiro atoms. The molecule has 10 heteroatoms. The van der Waals surface area contributed by atoms with Gasteiger partial charge in [-0.3, -0.25) is 4.79 Å². The van der Waals surface area contributed by atoms with E-state index in [1.807, 2.05) is 49.4 Å². The molecule has 4 aromatic rings. The van der Waals surface area contributed by atoms with Crippen molar-refractivity contribution in [2.24, 2.45) is 0 Å². The van der Waals surface area contributed by atoms with Gasteiger partial charge < -0.3 is 30.6 Å². The number of hydrogen-bond acceptors (Lipinski definition) is 6. The van der Waals surface area contributed by atoms with Gasteiger partial charge in [0.05, 0.1) is 26.5 Å². The largest absolute Gasteiger partial charge is 0.457 e. The number of carbonyl (C=O) groups excluding carboxylic acids is 2. The summed E-state index contributed by atoms with van der Waals surface area (Å²) in [6.07, 6.45) is 3.09. The van der Waals surface area contributed by atoms with Crippen LogP contribution in [0.5, 0.6) is 11.5 Å². The molecule has 2 aromatic heterocycles. The van der Waals surface area contributed by atoms with Gasteiger partial charge in [0, 0.05) is 30.7 Å². The van der Waals surface area contributed by atoms with Crippen LogP contribution < -0.4 is 20.7 Å². The Bertz CT molecular complexity index is 1640. The number of urea groups is 1. The average molecular weight is 558 g/mol. The molecule has 1 saturated heterocycles. The Kier molecular flexibility index (Phi) is 7.49. The van der Waals surface area contributed by atoms with Crippen molar-refractivity contribution in [3.63, 3.8) is 0 Å². The van der Waals surface area contributed by atoms with Gasteiger partial charge in [-0.2, -0.15) is 0 Å². The first-order valence-corrected chi connectivity index (χ1v) is 13.5. The number of nitrogens with one attached hydrogen (secondary N) is 4. The zero-order valence-corrected chi connectivity index (χ0v) is 22.9. The predicted octanol–water partition coefficient (Wildman–Crippen LogP) is 6.66. The first-order valence-electron chi connectivity index (χ1n) is 12.2. The van der Waals surface area contributed by atoms with Crippen molar-refractivity contribution >= 4 is 62.8 Å². The van der Waals surface area contributed by atoms with Gasteiger partial charge in [-0.15, -0.1) is 11.3 Å². The third-order valence-corrected chi connectivity index (χ3v) is 7.81. The van der Waals surface area contributed by atoms with E-state index in [1.54, 1.807) is 23.2 Å². The number of aryl methyl sites for hydroxylation is 1. The summed E-state index contributed by atoms with van der Waals surface area (Å²) in [5.74, 6) is 1.31. The monoisotopic (exact) mass is 557 g/mol. The van der Waals surface area contributed by atoms with Crippen LogP contribution in [0.15, 0.2) is 80.0 Å². The van der Waals surface area contributed by atoms with Crippen LogP contribution in [0.25, 0.3) is 15.9 Å². The van der Waals surface area contributed by atoms with E-state index in [2.05, 4.69) is 34.1 Å². The number of rotatable bonds is 8. The third kappa shape index (κ3) is 5.71. The number of carbonyl (C=O) groups is 2. The molecule has 4 N–H and O–H groups in total. The number of ether oxygens (including phenoxy) is 1. The smallest absolute Gasteiger partial charge is 0.323 e. The van der Waals surface area contributed by atoms with Crippen LogP contribution in [0, 0.1) is 11.4 Å². The van der Waals surface area contributed by atoms with Crippen molar-refractivity contribution in [3.8, 4) is 11.5 Å². The standard InChI is InChI=1S/C29H27N5O3S2/c1-4-24(35)34-15-19(16-34)31-18(3)27-26(25-23(38)12-13-30-28(25)39-27)33-29(36)32-22-11-10-21(14-17(22)2)37-20-8-6-5-7-9-20/h4-14,19,31H,1,3,15-16H2,2H3,(H,30,38)(H2,32,33,36). The summed E-state index contributed by atoms with van der Waals surface area (Å²) in [6, 6.07) is 16.4. The highest BCUT2D eigenvalue weighted by Crippen LogP contribution is 2.39. The second kappa shape index (κ2) is 11.1. The second-order valence-electron chi connectivity index (χ2n) is 9.09. The molecule has 1 aliphatic heterocycles. The van der Waals surface area contributed by atoms with E-state index in [0.717, 1.165) is 26.4 Å². The number of fused-ring (bicyclic) bond motifs is 1. The van der Waals surface area contributed by atoms with Crippen molar-refractivity contribution in [1.82, 2.24) is 15.2 Å². The van der Waals surface area contributed by atoms with Crippen LogP contribution in [-0.2, 0) is 4.79 Å². The lowest BCUT2D eigenvalue weighted by Gasteiger charge is -2.39. The van der Waals surface area contributed by atoms with E-state index < -0.39 is 6.03 Å². The molecule has 0 saturated carbocycles. The van der Waals surface area contributed by atoms with Crippen LogP contribution in [0.4, 0.5) is 16.2 Å². The quantitative estimate of drug-likeness (QED) is 0.143. The number of para-hydroxylation sites is 1. The number of amides is 3. The minimum atomic E-state index is -0.409. The number of nitrogens with zero attached hydrogens (tertiary/aromatic N) is 1. The molecule has 0 radical (unpaired) electrons. The molecular formula is C29H27N5O3S2. The van der Waals surface area contributed by atoms with Gasteiger partial charge in [-0.05, 0) is 55.0 Å². The number of aromatic nitrogens is 1. The summed E-state index contributed by atoms with van der Waals surface area (Å²) in [7, 11) is 0. The van der Waals surface area contributed by atoms with E-state index in [0.29, 0.717) is 40.4 Å². The van der Waals surface area contributed by atoms with Crippen LogP contribution in [0.2, 0.25) is 0 Å². The van der Waals surface area contributed by atoms with Gasteiger partial charge >= 0.3 is 6.03 Å². The van der Waals surface area contributed by atoms with Gasteiger partial charge in [0.25, 0.3) is 0 Å². The first-order chi connectivity index (χ1) is 18.8. The summed E-state index contributed by atoms with van der Waals surface area (Å²) >= 11 is 7.04. The number of aromatic amines is 1. The SMILES string of the molecule is C=CC(=O)N1CC(NC(=C)c2sc3[nH]ccc(=S)c3c2NC(=O)Nc2ccc(Oc3ccccc3)cc2C)C1. The Hall–Kier alpha value is -4.41. The molecule has 1 fully saturated rings. The average Bonchev–Trinajstić information content (AvgIpc) is 3.27. The van der Waals surface area contributed by atoms with Crippen molar-refractivity contribution in [1.29, 1.82) is 0 Å². The number of thiophene rings is 1. The molecule has 39 heavy (non-hydrogen) atoms. The second-order valence-corrected chi connectivity index (χ2v) is 10.6. The van der Waals surface area contributed by atoms with Gasteiger partial charge in [0.15, 0.2) is 0 Å². The fourth-order valence-electron chi connectivity index (χ4n) is 4.30. The number of pyridine rings is 1. The number of likely N-dealkylation sites (tertiary alicyclic amines) is 1. The van der Waals surface area contributed by atoms with E-state index >= 15 is 0 Å². The van der Waals surface area contributed by atoms with Gasteiger partial charge in [0.1, 0.15) is 16.3 Å². The summed E-state index contributed by atoms with van der Waals surface area (Å²) < 4.78 is 6.50. The molecule has 0 aliphatic carbocycles. The fraction of sp³-hybridized carbons (Fsp3) is 0.138. The van der Waals surface area contributed by atoms with E-state index in [4.69, 9.17) is 17.0 Å². The number of benzene rings is 2. The molecule has 0 unspecified atom stereocenters. The maximum absolute atomic E-state index is 13.2. The van der Waals surface area contributed by atoms with Crippen molar-refractivity contribution < 1.29 is 14.3 Å². The minimum Gasteiger partial charge on any atom is -0.457 e. The Balaban J connectivity index is 1.32. The van der Waals surface area contributed by atoms with Crippen molar-refractivity contribution in [2.45, 2.75) is 13.0 Å². The van der Waals surface area contributed by atoms with Gasteiger partial charge in [0.2, 0.25) is 5.91 Å².